The van der Waals surface area contributed by atoms with Crippen molar-refractivity contribution >= 4 is 11.6 Å². The standard InChI is InChI=1S/C16H10F2N2O2/c17-11-7-5-10(6-8-11)15-12(9-19-22-15)16(21)20-14-4-2-1-3-13(14)18/h1-9H,(H,20,21). The fraction of sp³-hybridized carbons (Fsp3) is 0. The third-order valence-electron chi connectivity index (χ3n) is 3.04. The molecule has 0 aliphatic rings. The van der Waals surface area contributed by atoms with Gasteiger partial charge in [-0.2, -0.15) is 0 Å². The molecule has 0 aliphatic carbocycles. The first-order valence-corrected chi connectivity index (χ1v) is 6.41. The Labute approximate surface area is 124 Å². The summed E-state index contributed by atoms with van der Waals surface area (Å²) in [6.45, 7) is 0. The van der Waals surface area contributed by atoms with Crippen molar-refractivity contribution in [1.82, 2.24) is 5.16 Å². The van der Waals surface area contributed by atoms with Crippen LogP contribution in [0.5, 0.6) is 0 Å². The Morgan fingerprint density at radius 2 is 1.77 bits per heavy atom. The highest BCUT2D eigenvalue weighted by Crippen LogP contribution is 2.25. The van der Waals surface area contributed by atoms with Crippen LogP contribution in [0.3, 0.4) is 0 Å². The topological polar surface area (TPSA) is 55.1 Å². The zero-order chi connectivity index (χ0) is 15.5. The molecule has 3 aromatic rings. The molecule has 0 spiro atoms. The zero-order valence-corrected chi connectivity index (χ0v) is 11.2. The molecule has 0 saturated carbocycles. The molecule has 0 aliphatic heterocycles. The van der Waals surface area contributed by atoms with Crippen molar-refractivity contribution in [2.24, 2.45) is 0 Å². The Kier molecular flexibility index (Phi) is 3.65. The summed E-state index contributed by atoms with van der Waals surface area (Å²) >= 11 is 0. The van der Waals surface area contributed by atoms with Gasteiger partial charge < -0.3 is 9.84 Å². The third kappa shape index (κ3) is 2.71. The van der Waals surface area contributed by atoms with Gasteiger partial charge in [-0.05, 0) is 36.4 Å². The molecule has 4 nitrogen and oxygen atoms in total. The molecule has 0 bridgehead atoms. The highest BCUT2D eigenvalue weighted by atomic mass is 19.1. The van der Waals surface area contributed by atoms with Gasteiger partial charge in [0.05, 0.1) is 11.9 Å². The van der Waals surface area contributed by atoms with E-state index in [-0.39, 0.29) is 17.0 Å². The molecule has 0 saturated heterocycles. The maximum absolute atomic E-state index is 13.6. The molecule has 1 N–H and O–H groups in total. The van der Waals surface area contributed by atoms with Crippen LogP contribution in [0.4, 0.5) is 14.5 Å². The molecule has 0 unspecified atom stereocenters. The Morgan fingerprint density at radius 1 is 1.05 bits per heavy atom. The van der Waals surface area contributed by atoms with E-state index in [9.17, 15) is 13.6 Å². The molecular weight excluding hydrogens is 290 g/mol. The lowest BCUT2D eigenvalue weighted by atomic mass is 10.1. The summed E-state index contributed by atoms with van der Waals surface area (Å²) in [7, 11) is 0. The van der Waals surface area contributed by atoms with Crippen LogP contribution in [0.2, 0.25) is 0 Å². The third-order valence-corrected chi connectivity index (χ3v) is 3.04. The van der Waals surface area contributed by atoms with Gasteiger partial charge in [-0.25, -0.2) is 8.78 Å². The van der Waals surface area contributed by atoms with Crippen LogP contribution >= 0.6 is 0 Å². The van der Waals surface area contributed by atoms with Crippen molar-refractivity contribution in [1.29, 1.82) is 0 Å². The van der Waals surface area contributed by atoms with E-state index in [4.69, 9.17) is 4.52 Å². The normalized spacial score (nSPS) is 10.5. The fourth-order valence-corrected chi connectivity index (χ4v) is 1.96. The van der Waals surface area contributed by atoms with Crippen LogP contribution in [0.1, 0.15) is 10.4 Å². The summed E-state index contributed by atoms with van der Waals surface area (Å²) in [5, 5.41) is 6.03. The highest BCUT2D eigenvalue weighted by Gasteiger charge is 2.19. The average molecular weight is 300 g/mol. The number of rotatable bonds is 3. The number of nitrogens with one attached hydrogen (secondary N) is 1. The first kappa shape index (κ1) is 13.9. The van der Waals surface area contributed by atoms with E-state index in [0.717, 1.165) is 0 Å². The van der Waals surface area contributed by atoms with Gasteiger partial charge in [0.2, 0.25) is 0 Å². The Balaban J connectivity index is 1.90. The molecule has 1 heterocycles. The lowest BCUT2D eigenvalue weighted by Crippen LogP contribution is -2.13. The van der Waals surface area contributed by atoms with E-state index in [1.165, 1.54) is 48.7 Å². The van der Waals surface area contributed by atoms with Crippen molar-refractivity contribution in [2.45, 2.75) is 0 Å². The van der Waals surface area contributed by atoms with Crippen LogP contribution in [0, 0.1) is 11.6 Å². The summed E-state index contributed by atoms with van der Waals surface area (Å²) in [6.07, 6.45) is 1.23. The van der Waals surface area contributed by atoms with Crippen LogP contribution in [0.25, 0.3) is 11.3 Å². The van der Waals surface area contributed by atoms with Crippen molar-refractivity contribution in [3.8, 4) is 11.3 Å². The maximum atomic E-state index is 13.6. The second-order valence-corrected chi connectivity index (χ2v) is 4.51. The average Bonchev–Trinajstić information content (AvgIpc) is 3.00. The minimum absolute atomic E-state index is 0.0544. The Morgan fingerprint density at radius 3 is 2.50 bits per heavy atom. The van der Waals surface area contributed by atoms with Crippen LogP contribution < -0.4 is 5.32 Å². The second kappa shape index (κ2) is 5.77. The largest absolute Gasteiger partial charge is 0.355 e. The number of carbonyl (C=O) groups excluding carboxylic acids is 1. The smallest absolute Gasteiger partial charge is 0.261 e. The van der Waals surface area contributed by atoms with E-state index < -0.39 is 17.5 Å². The monoisotopic (exact) mass is 300 g/mol. The van der Waals surface area contributed by atoms with Gasteiger partial charge >= 0.3 is 0 Å². The summed E-state index contributed by atoms with van der Waals surface area (Å²) in [5.74, 6) is -1.32. The molecular formula is C16H10F2N2O2. The minimum Gasteiger partial charge on any atom is -0.355 e. The predicted molar refractivity (Wildman–Crippen MR) is 76.3 cm³/mol. The molecule has 110 valence electrons. The first-order valence-electron chi connectivity index (χ1n) is 6.41. The molecule has 0 radical (unpaired) electrons. The summed E-state index contributed by atoms with van der Waals surface area (Å²) in [6, 6.07) is 11.2. The van der Waals surface area contributed by atoms with Crippen molar-refractivity contribution in [3.63, 3.8) is 0 Å². The minimum atomic E-state index is -0.564. The molecule has 1 amide bonds. The highest BCUT2D eigenvalue weighted by molar-refractivity contribution is 6.07. The summed E-state index contributed by atoms with van der Waals surface area (Å²) < 4.78 is 31.6. The van der Waals surface area contributed by atoms with Crippen molar-refractivity contribution in [2.75, 3.05) is 5.32 Å². The molecule has 1 aromatic heterocycles. The number of aromatic nitrogens is 1. The molecule has 0 fully saturated rings. The summed E-state index contributed by atoms with van der Waals surface area (Å²) in [5.41, 5.74) is 0.686. The van der Waals surface area contributed by atoms with Crippen LogP contribution in [-0.2, 0) is 0 Å². The quantitative estimate of drug-likeness (QED) is 0.798. The number of para-hydroxylation sites is 1. The lowest BCUT2D eigenvalue weighted by molar-refractivity contribution is 0.102. The molecule has 0 atom stereocenters. The van der Waals surface area contributed by atoms with E-state index in [0.29, 0.717) is 5.56 Å². The number of halogens is 2. The number of hydrogen-bond donors (Lipinski definition) is 1. The number of anilines is 1. The predicted octanol–water partition coefficient (Wildman–Crippen LogP) is 3.87. The van der Waals surface area contributed by atoms with Gasteiger partial charge in [-0.15, -0.1) is 0 Å². The number of amides is 1. The van der Waals surface area contributed by atoms with Crippen molar-refractivity contribution in [3.05, 3.63) is 71.9 Å². The summed E-state index contributed by atoms with van der Waals surface area (Å²) in [4.78, 5) is 12.2. The second-order valence-electron chi connectivity index (χ2n) is 4.51. The van der Waals surface area contributed by atoms with Gasteiger partial charge in [-0.3, -0.25) is 4.79 Å². The van der Waals surface area contributed by atoms with E-state index in [1.807, 2.05) is 0 Å². The van der Waals surface area contributed by atoms with E-state index in [2.05, 4.69) is 10.5 Å². The van der Waals surface area contributed by atoms with E-state index in [1.54, 1.807) is 6.07 Å². The first-order chi connectivity index (χ1) is 10.6. The number of hydrogen-bond acceptors (Lipinski definition) is 3. The van der Waals surface area contributed by atoms with E-state index >= 15 is 0 Å². The van der Waals surface area contributed by atoms with Crippen molar-refractivity contribution < 1.29 is 18.1 Å². The SMILES string of the molecule is O=C(Nc1ccccc1F)c1cnoc1-c1ccc(F)cc1. The number of nitrogens with zero attached hydrogens (tertiary/aromatic N) is 1. The van der Waals surface area contributed by atoms with Gasteiger partial charge in [0.1, 0.15) is 17.2 Å². The van der Waals surface area contributed by atoms with Crippen LogP contribution in [-0.4, -0.2) is 11.1 Å². The fourth-order valence-electron chi connectivity index (χ4n) is 1.96. The number of carbonyl (C=O) groups is 1. The zero-order valence-electron chi connectivity index (χ0n) is 11.2. The maximum Gasteiger partial charge on any atom is 0.261 e. The molecule has 22 heavy (non-hydrogen) atoms. The number of benzene rings is 2. The molecule has 6 heteroatoms. The molecule has 2 aromatic carbocycles. The lowest BCUT2D eigenvalue weighted by Gasteiger charge is -2.05. The Bertz CT molecular complexity index is 813. The van der Waals surface area contributed by atoms with Crippen LogP contribution in [0.15, 0.2) is 59.3 Å². The van der Waals surface area contributed by atoms with Gasteiger partial charge in [0, 0.05) is 5.56 Å². The Hall–Kier alpha value is -3.02. The van der Waals surface area contributed by atoms with Gasteiger partial charge in [0.25, 0.3) is 5.91 Å². The van der Waals surface area contributed by atoms with Gasteiger partial charge in [-0.1, -0.05) is 17.3 Å². The molecule has 3 rings (SSSR count). The van der Waals surface area contributed by atoms with Gasteiger partial charge in [0.15, 0.2) is 5.76 Å².